The van der Waals surface area contributed by atoms with Crippen LogP contribution >= 0.6 is 0 Å². The molecule has 0 radical (unpaired) electrons. The van der Waals surface area contributed by atoms with Crippen LogP contribution in [0.25, 0.3) is 0 Å². The summed E-state index contributed by atoms with van der Waals surface area (Å²) < 4.78 is 0. The van der Waals surface area contributed by atoms with Crippen molar-refractivity contribution in [1.82, 2.24) is 0 Å². The Balaban J connectivity index is 2.18. The second-order valence-electron chi connectivity index (χ2n) is 3.40. The van der Waals surface area contributed by atoms with Crippen LogP contribution in [0.5, 0.6) is 0 Å². The maximum atomic E-state index is 9.55. The molecule has 1 N–H and O–H groups in total. The lowest BCUT2D eigenvalue weighted by atomic mass is 9.97. The van der Waals surface area contributed by atoms with Crippen molar-refractivity contribution in [3.05, 3.63) is 0 Å². The van der Waals surface area contributed by atoms with E-state index in [1.807, 2.05) is 0 Å². The molecule has 1 fully saturated rings. The van der Waals surface area contributed by atoms with Crippen molar-refractivity contribution in [2.45, 2.75) is 51.6 Å². The van der Waals surface area contributed by atoms with Gasteiger partial charge in [0.25, 0.3) is 0 Å². The summed E-state index contributed by atoms with van der Waals surface area (Å²) in [7, 11) is 0. The van der Waals surface area contributed by atoms with Gasteiger partial charge in [0.15, 0.2) is 0 Å². The van der Waals surface area contributed by atoms with E-state index in [0.717, 1.165) is 12.8 Å². The van der Waals surface area contributed by atoms with Gasteiger partial charge >= 0.3 is 0 Å². The Kier molecular flexibility index (Phi) is 3.20. The number of hydrogen-bond acceptors (Lipinski definition) is 1. The van der Waals surface area contributed by atoms with Gasteiger partial charge in [0, 0.05) is 0 Å². The van der Waals surface area contributed by atoms with Gasteiger partial charge in [-0.1, -0.05) is 26.2 Å². The van der Waals surface area contributed by atoms with Gasteiger partial charge in [0.2, 0.25) is 0 Å². The summed E-state index contributed by atoms with van der Waals surface area (Å²) in [6.07, 6.45) is 7.34. The van der Waals surface area contributed by atoms with E-state index in [-0.39, 0.29) is 6.10 Å². The molecule has 0 aromatic carbocycles. The molecule has 0 aromatic heterocycles. The highest BCUT2D eigenvalue weighted by atomic mass is 16.3. The van der Waals surface area contributed by atoms with Crippen LogP contribution in [0.4, 0.5) is 0 Å². The molecular formula is C9H18O. The molecule has 0 unspecified atom stereocenters. The highest BCUT2D eigenvalue weighted by Gasteiger charge is 2.21. The molecule has 0 bridgehead atoms. The second-order valence-corrected chi connectivity index (χ2v) is 3.40. The summed E-state index contributed by atoms with van der Waals surface area (Å²) in [6.45, 7) is 2.14. The van der Waals surface area contributed by atoms with Crippen molar-refractivity contribution in [3.8, 4) is 0 Å². The zero-order valence-corrected chi connectivity index (χ0v) is 6.84. The number of aliphatic hydroxyl groups excluding tert-OH is 1. The molecule has 1 nitrogen and oxygen atoms in total. The fourth-order valence-electron chi connectivity index (χ4n) is 1.87. The highest BCUT2D eigenvalue weighted by Crippen LogP contribution is 2.29. The van der Waals surface area contributed by atoms with Gasteiger partial charge in [0.05, 0.1) is 6.10 Å². The number of hydrogen-bond donors (Lipinski definition) is 1. The standard InChI is InChI=1S/C9H18O/c1-2-5-9(10)8-6-3-4-7-8/h8-10H,2-7H2,1H3/t9-/m0/s1. The van der Waals surface area contributed by atoms with Crippen LogP contribution in [0.15, 0.2) is 0 Å². The Hall–Kier alpha value is -0.0400. The van der Waals surface area contributed by atoms with Crippen LogP contribution in [0.2, 0.25) is 0 Å². The lowest BCUT2D eigenvalue weighted by Crippen LogP contribution is -2.16. The summed E-state index contributed by atoms with van der Waals surface area (Å²) in [4.78, 5) is 0. The SMILES string of the molecule is CCC[C@H](O)C1CCCC1. The van der Waals surface area contributed by atoms with Gasteiger partial charge < -0.3 is 5.11 Å². The van der Waals surface area contributed by atoms with Crippen LogP contribution in [0.1, 0.15) is 45.4 Å². The van der Waals surface area contributed by atoms with E-state index < -0.39 is 0 Å². The molecule has 1 aliphatic carbocycles. The first-order valence-electron chi connectivity index (χ1n) is 4.52. The van der Waals surface area contributed by atoms with Gasteiger partial charge in [-0.2, -0.15) is 0 Å². The quantitative estimate of drug-likeness (QED) is 0.641. The molecule has 0 saturated heterocycles. The Morgan fingerprint density at radius 1 is 1.40 bits per heavy atom. The zero-order chi connectivity index (χ0) is 7.40. The Morgan fingerprint density at radius 3 is 2.50 bits per heavy atom. The lowest BCUT2D eigenvalue weighted by molar-refractivity contribution is 0.101. The molecule has 1 aliphatic rings. The van der Waals surface area contributed by atoms with Crippen LogP contribution in [-0.2, 0) is 0 Å². The monoisotopic (exact) mass is 142 g/mol. The maximum Gasteiger partial charge on any atom is 0.0568 e. The molecule has 10 heavy (non-hydrogen) atoms. The Morgan fingerprint density at radius 2 is 2.00 bits per heavy atom. The number of rotatable bonds is 3. The summed E-state index contributed by atoms with van der Waals surface area (Å²) >= 11 is 0. The summed E-state index contributed by atoms with van der Waals surface area (Å²) in [5.41, 5.74) is 0. The second kappa shape index (κ2) is 3.97. The Bertz CT molecular complexity index is 84.7. The van der Waals surface area contributed by atoms with E-state index in [9.17, 15) is 5.11 Å². The van der Waals surface area contributed by atoms with Gasteiger partial charge in [-0.15, -0.1) is 0 Å². The van der Waals surface area contributed by atoms with E-state index in [1.54, 1.807) is 0 Å². The van der Waals surface area contributed by atoms with Crippen molar-refractivity contribution >= 4 is 0 Å². The minimum Gasteiger partial charge on any atom is -0.393 e. The molecule has 0 aliphatic heterocycles. The third-order valence-corrected chi connectivity index (χ3v) is 2.53. The molecular weight excluding hydrogens is 124 g/mol. The average molecular weight is 142 g/mol. The van der Waals surface area contributed by atoms with Crippen LogP contribution in [0.3, 0.4) is 0 Å². The van der Waals surface area contributed by atoms with E-state index in [2.05, 4.69) is 6.92 Å². The molecule has 0 spiro atoms. The predicted octanol–water partition coefficient (Wildman–Crippen LogP) is 2.34. The summed E-state index contributed by atoms with van der Waals surface area (Å²) in [5, 5.41) is 9.55. The number of aliphatic hydroxyl groups is 1. The van der Waals surface area contributed by atoms with E-state index in [0.29, 0.717) is 5.92 Å². The molecule has 60 valence electrons. The molecule has 0 aromatic rings. The van der Waals surface area contributed by atoms with Gasteiger partial charge in [-0.3, -0.25) is 0 Å². The molecule has 0 heterocycles. The fraction of sp³-hybridized carbons (Fsp3) is 1.00. The van der Waals surface area contributed by atoms with Gasteiger partial charge in [-0.25, -0.2) is 0 Å². The molecule has 1 saturated carbocycles. The Labute approximate surface area is 63.4 Å². The van der Waals surface area contributed by atoms with Crippen molar-refractivity contribution < 1.29 is 5.11 Å². The largest absolute Gasteiger partial charge is 0.393 e. The first-order valence-corrected chi connectivity index (χ1v) is 4.52. The van der Waals surface area contributed by atoms with Gasteiger partial charge in [-0.05, 0) is 25.2 Å². The van der Waals surface area contributed by atoms with E-state index >= 15 is 0 Å². The zero-order valence-electron chi connectivity index (χ0n) is 6.84. The topological polar surface area (TPSA) is 20.2 Å². The molecule has 1 rings (SSSR count). The van der Waals surface area contributed by atoms with Crippen molar-refractivity contribution in [3.63, 3.8) is 0 Å². The lowest BCUT2D eigenvalue weighted by Gasteiger charge is -2.15. The van der Waals surface area contributed by atoms with Gasteiger partial charge in [0.1, 0.15) is 0 Å². The third-order valence-electron chi connectivity index (χ3n) is 2.53. The highest BCUT2D eigenvalue weighted by molar-refractivity contribution is 4.73. The normalized spacial score (nSPS) is 23.4. The minimum absolute atomic E-state index is 0.00694. The molecule has 1 atom stereocenters. The van der Waals surface area contributed by atoms with Crippen LogP contribution < -0.4 is 0 Å². The van der Waals surface area contributed by atoms with E-state index in [4.69, 9.17) is 0 Å². The van der Waals surface area contributed by atoms with Crippen molar-refractivity contribution in [2.24, 2.45) is 5.92 Å². The predicted molar refractivity (Wildman–Crippen MR) is 42.9 cm³/mol. The third kappa shape index (κ3) is 1.98. The summed E-state index contributed by atoms with van der Waals surface area (Å²) in [6, 6.07) is 0. The van der Waals surface area contributed by atoms with Crippen molar-refractivity contribution in [1.29, 1.82) is 0 Å². The van der Waals surface area contributed by atoms with Crippen LogP contribution in [-0.4, -0.2) is 11.2 Å². The smallest absolute Gasteiger partial charge is 0.0568 e. The van der Waals surface area contributed by atoms with Crippen molar-refractivity contribution in [2.75, 3.05) is 0 Å². The first-order chi connectivity index (χ1) is 4.84. The molecule has 1 heteroatoms. The van der Waals surface area contributed by atoms with Crippen LogP contribution in [0, 0.1) is 5.92 Å². The average Bonchev–Trinajstić information content (AvgIpc) is 2.38. The first kappa shape index (κ1) is 8.06. The maximum absolute atomic E-state index is 9.55. The minimum atomic E-state index is 0.00694. The summed E-state index contributed by atoms with van der Waals surface area (Å²) in [5.74, 6) is 0.639. The van der Waals surface area contributed by atoms with E-state index in [1.165, 1.54) is 25.7 Å². The molecule has 0 amide bonds. The fourth-order valence-corrected chi connectivity index (χ4v) is 1.87.